The van der Waals surface area contributed by atoms with Crippen LogP contribution in [-0.4, -0.2) is 11.6 Å². The second-order valence-corrected chi connectivity index (χ2v) is 3.16. The molecular weight excluding hydrogens is 192 g/mol. The molecular formula is C7H7BrN2. The highest BCUT2D eigenvalue weighted by molar-refractivity contribution is 9.11. The van der Waals surface area contributed by atoms with Crippen molar-refractivity contribution in [2.45, 2.75) is 0 Å². The molecule has 52 valence electrons. The van der Waals surface area contributed by atoms with E-state index in [4.69, 9.17) is 0 Å². The van der Waals surface area contributed by atoms with E-state index < -0.39 is 0 Å². The highest BCUT2D eigenvalue weighted by Crippen LogP contribution is 2.21. The van der Waals surface area contributed by atoms with Crippen LogP contribution in [0.15, 0.2) is 34.7 Å². The summed E-state index contributed by atoms with van der Waals surface area (Å²) in [6.45, 7) is 0.884. The van der Waals surface area contributed by atoms with Gasteiger partial charge in [0.15, 0.2) is 0 Å². The molecule has 1 N–H and O–H groups in total. The van der Waals surface area contributed by atoms with Crippen molar-refractivity contribution in [1.82, 2.24) is 10.2 Å². The van der Waals surface area contributed by atoms with Gasteiger partial charge in [0.05, 0.1) is 12.4 Å². The summed E-state index contributed by atoms with van der Waals surface area (Å²) >= 11 is 3.40. The van der Waals surface area contributed by atoms with Crippen LogP contribution in [0.25, 0.3) is 0 Å². The zero-order chi connectivity index (χ0) is 6.97. The van der Waals surface area contributed by atoms with E-state index in [2.05, 4.69) is 38.4 Å². The van der Waals surface area contributed by atoms with Gasteiger partial charge >= 0.3 is 0 Å². The Morgan fingerprint density at radius 3 is 3.30 bits per heavy atom. The van der Waals surface area contributed by atoms with Crippen LogP contribution in [0.5, 0.6) is 0 Å². The number of nitrogens with zero attached hydrogens (tertiary/aromatic N) is 1. The van der Waals surface area contributed by atoms with Gasteiger partial charge in [-0.25, -0.2) is 0 Å². The van der Waals surface area contributed by atoms with Crippen LogP contribution >= 0.6 is 15.9 Å². The molecule has 2 aliphatic rings. The molecule has 0 saturated carbocycles. The number of hydrogen-bond donors (Lipinski definition) is 1. The average molecular weight is 199 g/mol. The van der Waals surface area contributed by atoms with E-state index in [0.29, 0.717) is 0 Å². The number of allylic oxidation sites excluding steroid dienone is 3. The molecule has 2 nitrogen and oxygen atoms in total. The Labute approximate surface area is 68.0 Å². The van der Waals surface area contributed by atoms with Gasteiger partial charge in [-0.15, -0.1) is 0 Å². The SMILES string of the molecule is BrC1=CN2CNC=C2C=C1. The van der Waals surface area contributed by atoms with Crippen LogP contribution < -0.4 is 5.32 Å². The van der Waals surface area contributed by atoms with Gasteiger partial charge in [0, 0.05) is 16.9 Å². The topological polar surface area (TPSA) is 15.3 Å². The maximum absolute atomic E-state index is 3.40. The van der Waals surface area contributed by atoms with E-state index in [0.717, 1.165) is 11.2 Å². The summed E-state index contributed by atoms with van der Waals surface area (Å²) in [5, 5.41) is 3.13. The molecule has 2 rings (SSSR count). The first-order valence-electron chi connectivity index (χ1n) is 3.12. The molecule has 0 aromatic rings. The molecule has 0 fully saturated rings. The Bertz CT molecular complexity index is 240. The number of halogens is 1. The molecule has 0 aromatic heterocycles. The smallest absolute Gasteiger partial charge is 0.0916 e. The minimum atomic E-state index is 0.884. The van der Waals surface area contributed by atoms with Gasteiger partial charge in [0.1, 0.15) is 0 Å². The number of nitrogens with one attached hydrogen (secondary N) is 1. The highest BCUT2D eigenvalue weighted by Gasteiger charge is 2.12. The summed E-state index contributed by atoms with van der Waals surface area (Å²) in [5.74, 6) is 0. The first kappa shape index (κ1) is 6.04. The summed E-state index contributed by atoms with van der Waals surface area (Å²) in [6.07, 6.45) is 8.18. The minimum absolute atomic E-state index is 0.884. The Balaban J connectivity index is 2.32. The van der Waals surface area contributed by atoms with Gasteiger partial charge in [-0.3, -0.25) is 0 Å². The Kier molecular flexibility index (Phi) is 1.31. The quantitative estimate of drug-likeness (QED) is 0.635. The van der Waals surface area contributed by atoms with Crippen molar-refractivity contribution in [3.8, 4) is 0 Å². The van der Waals surface area contributed by atoms with Gasteiger partial charge < -0.3 is 10.2 Å². The predicted molar refractivity (Wildman–Crippen MR) is 44.1 cm³/mol. The van der Waals surface area contributed by atoms with Crippen LogP contribution in [-0.2, 0) is 0 Å². The normalized spacial score (nSPS) is 21.5. The van der Waals surface area contributed by atoms with E-state index in [1.807, 2.05) is 12.3 Å². The molecule has 0 saturated heterocycles. The van der Waals surface area contributed by atoms with Crippen LogP contribution in [0.2, 0.25) is 0 Å². The Hall–Kier alpha value is -0.700. The summed E-state index contributed by atoms with van der Waals surface area (Å²) in [6, 6.07) is 0. The molecule has 0 radical (unpaired) electrons. The monoisotopic (exact) mass is 198 g/mol. The van der Waals surface area contributed by atoms with Gasteiger partial charge in [0.2, 0.25) is 0 Å². The van der Waals surface area contributed by atoms with Gasteiger partial charge in [0.25, 0.3) is 0 Å². The largest absolute Gasteiger partial charge is 0.372 e. The number of fused-ring (bicyclic) bond motifs is 1. The second kappa shape index (κ2) is 2.16. The zero-order valence-electron chi connectivity index (χ0n) is 5.34. The molecule has 2 aliphatic heterocycles. The molecule has 2 heterocycles. The summed E-state index contributed by atoms with van der Waals surface area (Å²) in [7, 11) is 0. The maximum atomic E-state index is 3.40. The zero-order valence-corrected chi connectivity index (χ0v) is 6.93. The fourth-order valence-electron chi connectivity index (χ4n) is 1.04. The molecule has 0 aliphatic carbocycles. The second-order valence-electron chi connectivity index (χ2n) is 2.25. The number of hydrogen-bond acceptors (Lipinski definition) is 2. The third-order valence-electron chi connectivity index (χ3n) is 1.54. The van der Waals surface area contributed by atoms with E-state index >= 15 is 0 Å². The van der Waals surface area contributed by atoms with Crippen molar-refractivity contribution in [2.24, 2.45) is 0 Å². The maximum Gasteiger partial charge on any atom is 0.0916 e. The first-order chi connectivity index (χ1) is 4.86. The molecule has 3 heteroatoms. The summed E-state index contributed by atoms with van der Waals surface area (Å²) in [4.78, 5) is 2.14. The Morgan fingerprint density at radius 1 is 1.50 bits per heavy atom. The van der Waals surface area contributed by atoms with Crippen molar-refractivity contribution in [3.63, 3.8) is 0 Å². The fraction of sp³-hybridized carbons (Fsp3) is 0.143. The summed E-state index contributed by atoms with van der Waals surface area (Å²) < 4.78 is 1.12. The van der Waals surface area contributed by atoms with Crippen molar-refractivity contribution < 1.29 is 0 Å². The summed E-state index contributed by atoms with van der Waals surface area (Å²) in [5.41, 5.74) is 1.23. The molecule has 0 amide bonds. The van der Waals surface area contributed by atoms with Crippen LogP contribution in [0.3, 0.4) is 0 Å². The number of rotatable bonds is 0. The third kappa shape index (κ3) is 0.865. The predicted octanol–water partition coefficient (Wildman–Crippen LogP) is 1.50. The van der Waals surface area contributed by atoms with Gasteiger partial charge in [-0.05, 0) is 28.1 Å². The van der Waals surface area contributed by atoms with Crippen LogP contribution in [0, 0.1) is 0 Å². The lowest BCUT2D eigenvalue weighted by Crippen LogP contribution is -2.18. The lowest BCUT2D eigenvalue weighted by Gasteiger charge is -2.17. The molecule has 0 bridgehead atoms. The van der Waals surface area contributed by atoms with Gasteiger partial charge in [-0.1, -0.05) is 0 Å². The Morgan fingerprint density at radius 2 is 2.40 bits per heavy atom. The molecule has 0 unspecified atom stereocenters. The average Bonchev–Trinajstić information content (AvgIpc) is 2.33. The highest BCUT2D eigenvalue weighted by atomic mass is 79.9. The lowest BCUT2D eigenvalue weighted by atomic mass is 10.3. The van der Waals surface area contributed by atoms with E-state index in [-0.39, 0.29) is 0 Å². The van der Waals surface area contributed by atoms with Gasteiger partial charge in [-0.2, -0.15) is 0 Å². The minimum Gasteiger partial charge on any atom is -0.372 e. The molecule has 10 heavy (non-hydrogen) atoms. The van der Waals surface area contributed by atoms with Crippen molar-refractivity contribution >= 4 is 15.9 Å². The van der Waals surface area contributed by atoms with Crippen LogP contribution in [0.1, 0.15) is 0 Å². The standard InChI is InChI=1S/C7H7BrN2/c8-6-1-2-7-3-9-5-10(7)4-6/h1-4,9H,5H2. The third-order valence-corrected chi connectivity index (χ3v) is 2.00. The van der Waals surface area contributed by atoms with E-state index in [1.165, 1.54) is 5.70 Å². The van der Waals surface area contributed by atoms with E-state index in [1.54, 1.807) is 0 Å². The molecule has 0 spiro atoms. The fourth-order valence-corrected chi connectivity index (χ4v) is 1.42. The molecule has 0 aromatic carbocycles. The molecule has 0 atom stereocenters. The van der Waals surface area contributed by atoms with Crippen LogP contribution in [0.4, 0.5) is 0 Å². The first-order valence-corrected chi connectivity index (χ1v) is 3.91. The lowest BCUT2D eigenvalue weighted by molar-refractivity contribution is 0.497. The van der Waals surface area contributed by atoms with Crippen molar-refractivity contribution in [3.05, 3.63) is 34.7 Å². The van der Waals surface area contributed by atoms with Crippen molar-refractivity contribution in [2.75, 3.05) is 6.67 Å². The van der Waals surface area contributed by atoms with Crippen molar-refractivity contribution in [1.29, 1.82) is 0 Å². The van der Waals surface area contributed by atoms with E-state index in [9.17, 15) is 0 Å².